The summed E-state index contributed by atoms with van der Waals surface area (Å²) in [6.45, 7) is 9.87. The second-order valence-electron chi connectivity index (χ2n) is 11.9. The van der Waals surface area contributed by atoms with Crippen LogP contribution in [0, 0.1) is 0 Å². The molecule has 5 N–H and O–H groups in total. The average Bonchev–Trinajstić information content (AvgIpc) is 2.99. The molecule has 2 amide bonds. The smallest absolute Gasteiger partial charge is 0.319 e. The van der Waals surface area contributed by atoms with Crippen LogP contribution in [0.5, 0.6) is 11.5 Å². The van der Waals surface area contributed by atoms with Crippen molar-refractivity contribution < 1.29 is 27.8 Å². The minimum absolute atomic E-state index is 0.0930. The number of nitrogens with one attached hydrogen (secondary N) is 4. The zero-order valence-corrected chi connectivity index (χ0v) is 27.6. The number of hydrogen-bond donors (Lipinski definition) is 5. The SMILES string of the molecule is CCCCCCNC(=O)Nc1ccc(S(=O)(=O)Nc2ccc(CCNC[C@H](O)COc3ccc(OC(C)(C)C)cc3)cc2)cc1. The maximum atomic E-state index is 12.9. The number of benzene rings is 3. The topological polar surface area (TPSA) is 138 Å². The van der Waals surface area contributed by atoms with Gasteiger partial charge in [-0.3, -0.25) is 4.72 Å². The summed E-state index contributed by atoms with van der Waals surface area (Å²) in [6, 6.07) is 20.2. The van der Waals surface area contributed by atoms with Crippen LogP contribution in [0.2, 0.25) is 0 Å². The Morgan fingerprint density at radius 2 is 1.49 bits per heavy atom. The third kappa shape index (κ3) is 13.8. The van der Waals surface area contributed by atoms with Crippen molar-refractivity contribution in [1.29, 1.82) is 0 Å². The molecular formula is C34H48N4O6S. The van der Waals surface area contributed by atoms with E-state index in [1.807, 2.05) is 57.2 Å². The van der Waals surface area contributed by atoms with Crippen molar-refractivity contribution >= 4 is 27.4 Å². The van der Waals surface area contributed by atoms with Crippen molar-refractivity contribution in [2.24, 2.45) is 0 Å². The Morgan fingerprint density at radius 3 is 2.13 bits per heavy atom. The highest BCUT2D eigenvalue weighted by atomic mass is 32.2. The molecule has 3 rings (SSSR count). The molecule has 0 aliphatic rings. The van der Waals surface area contributed by atoms with E-state index in [1.54, 1.807) is 24.3 Å². The predicted molar refractivity (Wildman–Crippen MR) is 180 cm³/mol. The maximum Gasteiger partial charge on any atom is 0.319 e. The van der Waals surface area contributed by atoms with Crippen LogP contribution in [0.4, 0.5) is 16.2 Å². The molecule has 0 saturated heterocycles. The second-order valence-corrected chi connectivity index (χ2v) is 13.6. The first-order chi connectivity index (χ1) is 21.4. The van der Waals surface area contributed by atoms with Gasteiger partial charge in [-0.25, -0.2) is 13.2 Å². The number of anilines is 2. The Bertz CT molecular complexity index is 1410. The number of sulfonamides is 1. The van der Waals surface area contributed by atoms with Crippen molar-refractivity contribution in [3.63, 3.8) is 0 Å². The van der Waals surface area contributed by atoms with Crippen LogP contribution in [0.25, 0.3) is 0 Å². The van der Waals surface area contributed by atoms with Crippen LogP contribution in [0.1, 0.15) is 58.9 Å². The molecular weight excluding hydrogens is 592 g/mol. The van der Waals surface area contributed by atoms with E-state index in [9.17, 15) is 18.3 Å². The maximum absolute atomic E-state index is 12.9. The molecule has 10 nitrogen and oxygen atoms in total. The molecule has 11 heteroatoms. The molecule has 3 aromatic rings. The number of aliphatic hydroxyl groups excluding tert-OH is 1. The average molecular weight is 641 g/mol. The summed E-state index contributed by atoms with van der Waals surface area (Å²) in [6.07, 6.45) is 4.31. The highest BCUT2D eigenvalue weighted by Gasteiger charge is 2.15. The molecule has 0 saturated carbocycles. The minimum Gasteiger partial charge on any atom is -0.491 e. The molecule has 3 aromatic carbocycles. The molecule has 0 bridgehead atoms. The number of unbranched alkanes of at least 4 members (excludes halogenated alkanes) is 3. The Labute approximate surface area is 268 Å². The summed E-state index contributed by atoms with van der Waals surface area (Å²) < 4.78 is 39.8. The summed E-state index contributed by atoms with van der Waals surface area (Å²) in [4.78, 5) is 12.1. The zero-order chi connectivity index (χ0) is 32.7. The minimum atomic E-state index is -3.80. The van der Waals surface area contributed by atoms with Gasteiger partial charge in [0.15, 0.2) is 0 Å². The van der Waals surface area contributed by atoms with Gasteiger partial charge in [0.1, 0.15) is 29.8 Å². The van der Waals surface area contributed by atoms with Crippen LogP contribution < -0.4 is 30.1 Å². The van der Waals surface area contributed by atoms with Gasteiger partial charge < -0.3 is 30.5 Å². The van der Waals surface area contributed by atoms with E-state index < -0.39 is 16.1 Å². The van der Waals surface area contributed by atoms with E-state index >= 15 is 0 Å². The largest absolute Gasteiger partial charge is 0.491 e. The quantitative estimate of drug-likeness (QED) is 0.109. The molecule has 0 unspecified atom stereocenters. The Balaban J connectivity index is 1.35. The first-order valence-electron chi connectivity index (χ1n) is 15.5. The first kappa shape index (κ1) is 35.7. The van der Waals surface area contributed by atoms with Crippen molar-refractivity contribution in [1.82, 2.24) is 10.6 Å². The highest BCUT2D eigenvalue weighted by molar-refractivity contribution is 7.92. The molecule has 45 heavy (non-hydrogen) atoms. The zero-order valence-electron chi connectivity index (χ0n) is 26.8. The summed E-state index contributed by atoms with van der Waals surface area (Å²) in [5.41, 5.74) is 1.70. The van der Waals surface area contributed by atoms with E-state index in [2.05, 4.69) is 27.6 Å². The lowest BCUT2D eigenvalue weighted by molar-refractivity contribution is 0.106. The number of ether oxygens (including phenoxy) is 2. The first-order valence-corrected chi connectivity index (χ1v) is 17.0. The summed E-state index contributed by atoms with van der Waals surface area (Å²) in [5, 5.41) is 19.0. The number of urea groups is 1. The fourth-order valence-electron chi connectivity index (χ4n) is 4.31. The van der Waals surface area contributed by atoms with Gasteiger partial charge in [0.2, 0.25) is 0 Å². The third-order valence-corrected chi connectivity index (χ3v) is 8.00. The van der Waals surface area contributed by atoms with Gasteiger partial charge in [-0.15, -0.1) is 0 Å². The molecule has 0 radical (unpaired) electrons. The van der Waals surface area contributed by atoms with E-state index in [4.69, 9.17) is 9.47 Å². The van der Waals surface area contributed by atoms with E-state index in [0.717, 1.165) is 37.0 Å². The number of amides is 2. The molecule has 246 valence electrons. The third-order valence-electron chi connectivity index (χ3n) is 6.61. The van der Waals surface area contributed by atoms with Gasteiger partial charge in [0.25, 0.3) is 10.0 Å². The van der Waals surface area contributed by atoms with Crippen LogP contribution >= 0.6 is 0 Å². The fraction of sp³-hybridized carbons (Fsp3) is 0.441. The Morgan fingerprint density at radius 1 is 0.844 bits per heavy atom. The van der Waals surface area contributed by atoms with Gasteiger partial charge in [-0.1, -0.05) is 38.3 Å². The van der Waals surface area contributed by atoms with Gasteiger partial charge in [-0.2, -0.15) is 0 Å². The molecule has 0 aromatic heterocycles. The van der Waals surface area contributed by atoms with Crippen LogP contribution in [0.15, 0.2) is 77.7 Å². The van der Waals surface area contributed by atoms with Crippen molar-refractivity contribution in [2.45, 2.75) is 76.4 Å². The van der Waals surface area contributed by atoms with Gasteiger partial charge in [-0.05, 0) is 106 Å². The van der Waals surface area contributed by atoms with Crippen molar-refractivity contribution in [2.75, 3.05) is 36.3 Å². The van der Waals surface area contributed by atoms with Crippen molar-refractivity contribution in [3.8, 4) is 11.5 Å². The fourth-order valence-corrected chi connectivity index (χ4v) is 5.37. The van der Waals surface area contributed by atoms with E-state index in [1.165, 1.54) is 12.1 Å². The lowest BCUT2D eigenvalue weighted by Gasteiger charge is -2.21. The predicted octanol–water partition coefficient (Wildman–Crippen LogP) is 5.94. The van der Waals surface area contributed by atoms with E-state index in [0.29, 0.717) is 43.2 Å². The number of rotatable bonds is 18. The number of carbonyl (C=O) groups excluding carboxylic acids is 1. The standard InChI is InChI=1S/C34H48N4O6S/c1-5-6-7-8-22-36-33(40)37-27-13-19-32(20-14-27)45(41,42)38-28-11-9-26(10-12-28)21-23-35-24-29(39)25-43-30-15-17-31(18-16-30)44-34(2,3)4/h9-20,29,35,38-39H,5-8,21-25H2,1-4H3,(H2,36,37,40)/t29-/m0/s1. The molecule has 1 atom stereocenters. The summed E-state index contributed by atoms with van der Waals surface area (Å²) in [5.74, 6) is 1.42. The van der Waals surface area contributed by atoms with Gasteiger partial charge in [0.05, 0.1) is 4.90 Å². The number of aliphatic hydroxyl groups is 1. The molecule has 0 aliphatic carbocycles. The lowest BCUT2D eigenvalue weighted by atomic mass is 10.1. The Kier molecular flexibility index (Phi) is 14.0. The molecule has 0 aliphatic heterocycles. The monoisotopic (exact) mass is 640 g/mol. The summed E-state index contributed by atoms with van der Waals surface area (Å²) in [7, 11) is -3.80. The van der Waals surface area contributed by atoms with Crippen LogP contribution in [0.3, 0.4) is 0 Å². The molecule has 0 heterocycles. The normalized spacial score (nSPS) is 12.3. The summed E-state index contributed by atoms with van der Waals surface area (Å²) >= 11 is 0. The van der Waals surface area contributed by atoms with Crippen LogP contribution in [-0.2, 0) is 16.4 Å². The van der Waals surface area contributed by atoms with Crippen molar-refractivity contribution in [3.05, 3.63) is 78.4 Å². The second kappa shape index (κ2) is 17.6. The van der Waals surface area contributed by atoms with Crippen LogP contribution in [-0.4, -0.2) is 57.5 Å². The number of carbonyl (C=O) groups is 1. The lowest BCUT2D eigenvalue weighted by Crippen LogP contribution is -2.32. The molecule has 0 spiro atoms. The van der Waals surface area contributed by atoms with Gasteiger partial charge >= 0.3 is 6.03 Å². The molecule has 0 fully saturated rings. The highest BCUT2D eigenvalue weighted by Crippen LogP contribution is 2.22. The Hall–Kier alpha value is -3.80. The number of hydrogen-bond acceptors (Lipinski definition) is 7. The van der Waals surface area contributed by atoms with Gasteiger partial charge in [0, 0.05) is 24.5 Å². The van der Waals surface area contributed by atoms with E-state index in [-0.39, 0.29) is 23.1 Å².